The zero-order valence-corrected chi connectivity index (χ0v) is 12.2. The first-order chi connectivity index (χ1) is 10.3. The van der Waals surface area contributed by atoms with Gasteiger partial charge >= 0.3 is 0 Å². The summed E-state index contributed by atoms with van der Waals surface area (Å²) in [5, 5.41) is 3.77. The molecule has 0 amide bonds. The number of fused-ring (bicyclic) bond motifs is 1. The van der Waals surface area contributed by atoms with Crippen molar-refractivity contribution in [1.82, 2.24) is 19.9 Å². The van der Waals surface area contributed by atoms with Gasteiger partial charge in [-0.2, -0.15) is 0 Å². The van der Waals surface area contributed by atoms with E-state index < -0.39 is 0 Å². The Kier molecular flexibility index (Phi) is 3.16. The molecule has 0 saturated carbocycles. The summed E-state index contributed by atoms with van der Waals surface area (Å²) < 4.78 is 7.77. The molecule has 0 aromatic carbocycles. The molecule has 0 spiro atoms. The van der Waals surface area contributed by atoms with Gasteiger partial charge in [0.15, 0.2) is 22.5 Å². The molecule has 3 aromatic heterocycles. The maximum atomic E-state index is 5.92. The molecule has 0 radical (unpaired) electrons. The van der Waals surface area contributed by atoms with Crippen LogP contribution in [-0.2, 0) is 0 Å². The summed E-state index contributed by atoms with van der Waals surface area (Å²) in [4.78, 5) is 9.21. The van der Waals surface area contributed by atoms with Crippen LogP contribution >= 0.6 is 11.6 Å². The minimum Gasteiger partial charge on any atom is -0.441 e. The monoisotopic (exact) mass is 302 g/mol. The van der Waals surface area contributed by atoms with Gasteiger partial charge in [0.1, 0.15) is 5.52 Å². The highest BCUT2D eigenvalue weighted by Crippen LogP contribution is 2.32. The van der Waals surface area contributed by atoms with E-state index in [4.69, 9.17) is 21.0 Å². The van der Waals surface area contributed by atoms with Gasteiger partial charge in [0.2, 0.25) is 0 Å². The van der Waals surface area contributed by atoms with Crippen LogP contribution in [0.1, 0.15) is 18.9 Å². The minimum atomic E-state index is 0.377. The van der Waals surface area contributed by atoms with Gasteiger partial charge in [-0.15, -0.1) is 0 Å². The molecule has 4 heterocycles. The predicted octanol–water partition coefficient (Wildman–Crippen LogP) is 3.27. The first-order valence-corrected chi connectivity index (χ1v) is 7.50. The summed E-state index contributed by atoms with van der Waals surface area (Å²) in [6, 6.07) is 7.87. The molecular formula is C15H15ClN4O. The van der Waals surface area contributed by atoms with Crippen molar-refractivity contribution in [3.8, 4) is 11.6 Å². The highest BCUT2D eigenvalue weighted by atomic mass is 35.5. The molecule has 1 fully saturated rings. The summed E-state index contributed by atoms with van der Waals surface area (Å²) in [5.74, 6) is 1.50. The number of rotatable bonds is 2. The lowest BCUT2D eigenvalue weighted by Gasteiger charge is -2.25. The van der Waals surface area contributed by atoms with E-state index in [1.54, 1.807) is 12.3 Å². The Morgan fingerprint density at radius 1 is 1.24 bits per heavy atom. The largest absolute Gasteiger partial charge is 0.441 e. The number of furan rings is 1. The molecule has 0 atom stereocenters. The van der Waals surface area contributed by atoms with Crippen LogP contribution in [0, 0.1) is 0 Å². The quantitative estimate of drug-likeness (QED) is 0.789. The third-order valence-corrected chi connectivity index (χ3v) is 4.12. The van der Waals surface area contributed by atoms with Crippen molar-refractivity contribution >= 4 is 22.8 Å². The van der Waals surface area contributed by atoms with Gasteiger partial charge in [-0.05, 0) is 61.8 Å². The number of hydrogen-bond donors (Lipinski definition) is 1. The van der Waals surface area contributed by atoms with Crippen molar-refractivity contribution in [2.75, 3.05) is 13.1 Å². The lowest BCUT2D eigenvalue weighted by Crippen LogP contribution is -2.29. The van der Waals surface area contributed by atoms with Crippen LogP contribution < -0.4 is 5.32 Å². The fraction of sp³-hybridized carbons (Fsp3) is 0.333. The second kappa shape index (κ2) is 5.16. The Labute approximate surface area is 126 Å². The maximum Gasteiger partial charge on any atom is 0.194 e. The molecule has 4 rings (SSSR count). The van der Waals surface area contributed by atoms with Gasteiger partial charge in [0.25, 0.3) is 0 Å². The van der Waals surface area contributed by atoms with Crippen molar-refractivity contribution in [3.05, 3.63) is 35.7 Å². The lowest BCUT2D eigenvalue weighted by molar-refractivity contribution is 0.374. The summed E-state index contributed by atoms with van der Waals surface area (Å²) in [6.45, 7) is 2.02. The van der Waals surface area contributed by atoms with Crippen LogP contribution in [0.5, 0.6) is 0 Å². The Morgan fingerprint density at radius 3 is 2.86 bits per heavy atom. The van der Waals surface area contributed by atoms with E-state index in [-0.39, 0.29) is 0 Å². The molecular weight excluding hydrogens is 288 g/mol. The number of halogens is 1. The molecule has 1 aliphatic rings. The fourth-order valence-corrected chi connectivity index (χ4v) is 3.09. The SMILES string of the molecule is Clc1ccc(-c2nc3cccnc3n2C2CCNCC2)o1. The predicted molar refractivity (Wildman–Crippen MR) is 81.4 cm³/mol. The Morgan fingerprint density at radius 2 is 2.10 bits per heavy atom. The second-order valence-electron chi connectivity index (χ2n) is 5.24. The van der Waals surface area contributed by atoms with Gasteiger partial charge < -0.3 is 14.3 Å². The van der Waals surface area contributed by atoms with Crippen molar-refractivity contribution in [2.24, 2.45) is 0 Å². The Balaban J connectivity index is 1.92. The Bertz CT molecular complexity index is 773. The molecule has 21 heavy (non-hydrogen) atoms. The van der Waals surface area contributed by atoms with E-state index in [1.165, 1.54) is 0 Å². The smallest absolute Gasteiger partial charge is 0.194 e. The number of pyridine rings is 1. The lowest BCUT2D eigenvalue weighted by atomic mass is 10.1. The number of piperidine rings is 1. The normalized spacial score (nSPS) is 16.6. The summed E-state index contributed by atoms with van der Waals surface area (Å²) in [7, 11) is 0. The summed E-state index contributed by atoms with van der Waals surface area (Å²) >= 11 is 5.92. The summed E-state index contributed by atoms with van der Waals surface area (Å²) in [5.41, 5.74) is 1.80. The molecule has 0 bridgehead atoms. The van der Waals surface area contributed by atoms with E-state index in [0.717, 1.165) is 42.9 Å². The van der Waals surface area contributed by atoms with E-state index in [0.29, 0.717) is 17.0 Å². The topological polar surface area (TPSA) is 55.9 Å². The van der Waals surface area contributed by atoms with Crippen LogP contribution in [0.25, 0.3) is 22.7 Å². The average molecular weight is 303 g/mol. The second-order valence-corrected chi connectivity index (χ2v) is 5.61. The van der Waals surface area contributed by atoms with Crippen molar-refractivity contribution in [3.63, 3.8) is 0 Å². The third kappa shape index (κ3) is 2.22. The molecule has 1 saturated heterocycles. The van der Waals surface area contributed by atoms with E-state index >= 15 is 0 Å². The summed E-state index contributed by atoms with van der Waals surface area (Å²) in [6.07, 6.45) is 3.92. The number of hydrogen-bond acceptors (Lipinski definition) is 4. The highest BCUT2D eigenvalue weighted by molar-refractivity contribution is 6.28. The van der Waals surface area contributed by atoms with E-state index in [1.807, 2.05) is 18.2 Å². The zero-order chi connectivity index (χ0) is 14.2. The average Bonchev–Trinajstić information content (AvgIpc) is 3.11. The number of aromatic nitrogens is 3. The maximum absolute atomic E-state index is 5.92. The van der Waals surface area contributed by atoms with Gasteiger partial charge in [-0.25, -0.2) is 9.97 Å². The fourth-order valence-electron chi connectivity index (χ4n) is 2.95. The van der Waals surface area contributed by atoms with Gasteiger partial charge in [0, 0.05) is 12.2 Å². The number of imidazole rings is 1. The third-order valence-electron chi connectivity index (χ3n) is 3.92. The van der Waals surface area contributed by atoms with Crippen LogP contribution in [0.3, 0.4) is 0 Å². The number of nitrogens with one attached hydrogen (secondary N) is 1. The standard InChI is InChI=1S/C15H15ClN4O/c16-13-4-3-12(21-13)15-19-11-2-1-7-18-14(11)20(15)10-5-8-17-9-6-10/h1-4,7,10,17H,5-6,8-9H2. The molecule has 0 unspecified atom stereocenters. The van der Waals surface area contributed by atoms with Crippen molar-refractivity contribution in [1.29, 1.82) is 0 Å². The van der Waals surface area contributed by atoms with Gasteiger partial charge in [-0.3, -0.25) is 0 Å². The zero-order valence-electron chi connectivity index (χ0n) is 11.4. The van der Waals surface area contributed by atoms with Crippen molar-refractivity contribution < 1.29 is 4.42 Å². The van der Waals surface area contributed by atoms with E-state index in [2.05, 4.69) is 14.9 Å². The van der Waals surface area contributed by atoms with E-state index in [9.17, 15) is 0 Å². The van der Waals surface area contributed by atoms with Gasteiger partial charge in [-0.1, -0.05) is 0 Å². The number of nitrogens with zero attached hydrogens (tertiary/aromatic N) is 3. The minimum absolute atomic E-state index is 0.377. The Hall–Kier alpha value is -1.85. The van der Waals surface area contributed by atoms with Crippen LogP contribution in [0.2, 0.25) is 5.22 Å². The van der Waals surface area contributed by atoms with Gasteiger partial charge in [0.05, 0.1) is 0 Å². The molecule has 0 aliphatic carbocycles. The molecule has 108 valence electrons. The molecule has 1 aliphatic heterocycles. The first-order valence-electron chi connectivity index (χ1n) is 7.12. The van der Waals surface area contributed by atoms with Crippen molar-refractivity contribution in [2.45, 2.75) is 18.9 Å². The van der Waals surface area contributed by atoms with Crippen LogP contribution in [0.4, 0.5) is 0 Å². The molecule has 5 nitrogen and oxygen atoms in total. The molecule has 1 N–H and O–H groups in total. The van der Waals surface area contributed by atoms with Crippen LogP contribution in [-0.4, -0.2) is 27.6 Å². The first kappa shape index (κ1) is 12.9. The molecule has 6 heteroatoms. The van der Waals surface area contributed by atoms with Crippen LogP contribution in [0.15, 0.2) is 34.9 Å². The highest BCUT2D eigenvalue weighted by Gasteiger charge is 2.24. The molecule has 3 aromatic rings.